The predicted molar refractivity (Wildman–Crippen MR) is 299 cm³/mol. The van der Waals surface area contributed by atoms with Crippen LogP contribution in [-0.4, -0.2) is 212 Å². The number of ketones is 1. The SMILES string of the molecule is CC[C@H]1OC(=O)[C@H](C)[C@@H](O[C@@H]2C[C@](C)(OC)[C@H](O)[C@@H](C)O2)[C@H](C)[C@@H](O[C@@H]2O[C@H](C)C[C@@H](N(C)C)[C@H]2C)[C@H](O)CC(C)(O)CN(CCCNC(=O)[C@@]2(O)[C@H](C)CC3C4CC=C5CC(=O)C=C[C@]5(C)[C@@]4(F)[C@@H](O)C[C@@]32C)[C@H](C)[C@@H](O)[C@]1(C)O. The van der Waals surface area contributed by atoms with Crippen molar-refractivity contribution < 1.29 is 82.9 Å². The van der Waals surface area contributed by atoms with E-state index >= 15 is 4.39 Å². The maximum absolute atomic E-state index is 17.9. The van der Waals surface area contributed by atoms with Crippen molar-refractivity contribution in [1.29, 1.82) is 0 Å². The minimum absolute atomic E-state index is 0.0108. The Morgan fingerprint density at radius 1 is 0.877 bits per heavy atom. The highest BCUT2D eigenvalue weighted by Crippen LogP contribution is 2.70. The zero-order valence-corrected chi connectivity index (χ0v) is 51.3. The van der Waals surface area contributed by atoms with Crippen LogP contribution in [0.4, 0.5) is 4.39 Å². The number of halogens is 1. The lowest BCUT2D eigenvalue weighted by Crippen LogP contribution is -2.69. The number of hydrogen-bond acceptors (Lipinski definition) is 18. The van der Waals surface area contributed by atoms with E-state index in [4.69, 9.17) is 28.4 Å². The fourth-order valence-corrected chi connectivity index (χ4v) is 16.3. The van der Waals surface area contributed by atoms with E-state index in [0.717, 1.165) is 6.42 Å². The van der Waals surface area contributed by atoms with Crippen molar-refractivity contribution in [2.45, 2.75) is 255 Å². The molecule has 20 heteroatoms. The molecule has 0 spiro atoms. The van der Waals surface area contributed by atoms with Crippen LogP contribution in [0.3, 0.4) is 0 Å². The Balaban J connectivity index is 1.16. The third-order valence-corrected chi connectivity index (χ3v) is 21.5. The molecule has 0 aromatic heterocycles. The van der Waals surface area contributed by atoms with Crippen molar-refractivity contribution >= 4 is 17.7 Å². The third kappa shape index (κ3) is 11.9. The summed E-state index contributed by atoms with van der Waals surface area (Å²) in [6, 6.07) is -0.907. The summed E-state index contributed by atoms with van der Waals surface area (Å²) in [5.41, 5.74) is -10.9. The minimum Gasteiger partial charge on any atom is -0.459 e. The van der Waals surface area contributed by atoms with E-state index in [1.165, 1.54) is 20.1 Å². The van der Waals surface area contributed by atoms with E-state index in [-0.39, 0.29) is 88.4 Å². The van der Waals surface area contributed by atoms with Crippen molar-refractivity contribution in [2.75, 3.05) is 40.8 Å². The average molecular weight is 1150 g/mol. The van der Waals surface area contributed by atoms with Crippen molar-refractivity contribution in [3.63, 3.8) is 0 Å². The number of fused-ring (bicyclic) bond motifs is 5. The van der Waals surface area contributed by atoms with Crippen LogP contribution in [0.5, 0.6) is 0 Å². The molecule has 4 aliphatic carbocycles. The molecule has 0 bridgehead atoms. The molecule has 1 amide bonds. The highest BCUT2D eigenvalue weighted by molar-refractivity contribution is 5.93. The number of hydrogen-bond donors (Lipinski definition) is 8. The first kappa shape index (κ1) is 66.0. The molecule has 464 valence electrons. The molecule has 81 heavy (non-hydrogen) atoms. The molecule has 3 unspecified atom stereocenters. The number of esters is 1. The lowest BCUT2D eigenvalue weighted by Gasteiger charge is -2.61. The normalized spacial score (nSPS) is 50.3. The Labute approximate surface area is 480 Å². The summed E-state index contributed by atoms with van der Waals surface area (Å²) in [6.07, 6.45) is -5.86. The van der Waals surface area contributed by atoms with Gasteiger partial charge in [-0.15, -0.1) is 0 Å². The zero-order valence-electron chi connectivity index (χ0n) is 51.3. The van der Waals surface area contributed by atoms with Gasteiger partial charge in [-0.05, 0) is 126 Å². The number of nitrogens with one attached hydrogen (secondary N) is 1. The highest BCUT2D eigenvalue weighted by atomic mass is 19.1. The molecule has 0 aromatic rings. The number of nitrogens with zero attached hydrogens (tertiary/aromatic N) is 2. The molecule has 0 aromatic carbocycles. The molecular formula is C61H102FN3O16. The number of carbonyl (C=O) groups is 3. The number of rotatable bonds is 12. The maximum atomic E-state index is 17.9. The largest absolute Gasteiger partial charge is 0.459 e. The van der Waals surface area contributed by atoms with E-state index in [2.05, 4.69) is 10.2 Å². The smallest absolute Gasteiger partial charge is 0.311 e. The molecule has 0 radical (unpaired) electrons. The minimum atomic E-state index is -2.14. The zero-order chi connectivity index (χ0) is 60.5. The fourth-order valence-electron chi connectivity index (χ4n) is 16.3. The Kier molecular flexibility index (Phi) is 19.8. The van der Waals surface area contributed by atoms with Crippen LogP contribution < -0.4 is 5.32 Å². The van der Waals surface area contributed by atoms with Gasteiger partial charge >= 0.3 is 5.97 Å². The lowest BCUT2D eigenvalue weighted by atomic mass is 9.45. The number of alkyl halides is 1. The van der Waals surface area contributed by atoms with Crippen molar-refractivity contribution in [1.82, 2.24) is 15.1 Å². The highest BCUT2D eigenvalue weighted by Gasteiger charge is 2.75. The third-order valence-electron chi connectivity index (χ3n) is 21.5. The van der Waals surface area contributed by atoms with Crippen LogP contribution in [0.25, 0.3) is 0 Å². The molecule has 8 N–H and O–H groups in total. The van der Waals surface area contributed by atoms with E-state index in [9.17, 15) is 50.1 Å². The second-order valence-corrected chi connectivity index (χ2v) is 27.5. The monoisotopic (exact) mass is 1150 g/mol. The number of aliphatic hydroxyl groups excluding tert-OH is 4. The molecule has 2 saturated carbocycles. The van der Waals surface area contributed by atoms with Gasteiger partial charge in [-0.25, -0.2) is 4.39 Å². The van der Waals surface area contributed by atoms with Gasteiger partial charge in [0.15, 0.2) is 29.6 Å². The van der Waals surface area contributed by atoms with Crippen LogP contribution in [0.2, 0.25) is 0 Å². The van der Waals surface area contributed by atoms with Gasteiger partial charge in [0.25, 0.3) is 5.91 Å². The summed E-state index contributed by atoms with van der Waals surface area (Å²) in [7, 11) is 5.45. The second kappa shape index (κ2) is 24.3. The van der Waals surface area contributed by atoms with Gasteiger partial charge in [0.1, 0.15) is 23.9 Å². The average Bonchev–Trinajstić information content (AvgIpc) is 3.90. The summed E-state index contributed by atoms with van der Waals surface area (Å²) in [5.74, 6) is -5.58. The van der Waals surface area contributed by atoms with Gasteiger partial charge in [-0.1, -0.05) is 52.3 Å². The summed E-state index contributed by atoms with van der Waals surface area (Å²) in [4.78, 5) is 45.6. The van der Waals surface area contributed by atoms with Crippen molar-refractivity contribution in [3.8, 4) is 0 Å². The van der Waals surface area contributed by atoms with Gasteiger partial charge in [0, 0.05) is 86.7 Å². The van der Waals surface area contributed by atoms with Crippen LogP contribution in [-0.2, 0) is 42.8 Å². The molecular weight excluding hydrogens is 1050 g/mol. The van der Waals surface area contributed by atoms with Crippen molar-refractivity contribution in [2.24, 2.45) is 46.3 Å². The van der Waals surface area contributed by atoms with E-state index in [1.807, 2.05) is 34.0 Å². The first-order valence-corrected chi connectivity index (χ1v) is 30.1. The number of β-amino-alcohol motifs (C(OH)–C–C–N with tert-alkyl or cyclic N) is 1. The summed E-state index contributed by atoms with van der Waals surface area (Å²) < 4.78 is 56.4. The fraction of sp³-hybridized carbons (Fsp3) is 0.885. The number of ether oxygens (including phenoxy) is 6. The summed E-state index contributed by atoms with van der Waals surface area (Å²) in [6.45, 7) is 22.3. The second-order valence-electron chi connectivity index (χ2n) is 27.5. The van der Waals surface area contributed by atoms with Gasteiger partial charge < -0.3 is 74.4 Å². The number of allylic oxidation sites excluding steroid dienone is 4. The molecule has 3 heterocycles. The van der Waals surface area contributed by atoms with Gasteiger partial charge in [0.05, 0.1) is 53.7 Å². The Morgan fingerprint density at radius 3 is 2.17 bits per heavy atom. The van der Waals surface area contributed by atoms with Crippen LogP contribution in [0, 0.1) is 46.3 Å². The number of cyclic esters (lactones) is 1. The van der Waals surface area contributed by atoms with E-state index in [1.54, 1.807) is 80.2 Å². The first-order chi connectivity index (χ1) is 37.5. The van der Waals surface area contributed by atoms with Gasteiger partial charge in [0.2, 0.25) is 0 Å². The van der Waals surface area contributed by atoms with E-state index in [0.29, 0.717) is 12.0 Å². The lowest BCUT2D eigenvalue weighted by molar-refractivity contribution is -0.308. The summed E-state index contributed by atoms with van der Waals surface area (Å²) >= 11 is 0. The Bertz CT molecular complexity index is 2310. The van der Waals surface area contributed by atoms with Crippen LogP contribution >= 0.6 is 0 Å². The molecule has 3 aliphatic heterocycles. The van der Waals surface area contributed by atoms with Crippen LogP contribution in [0.1, 0.15) is 148 Å². The Hall–Kier alpha value is -2.54. The summed E-state index contributed by atoms with van der Waals surface area (Å²) in [5, 5.41) is 88.7. The first-order valence-electron chi connectivity index (χ1n) is 30.1. The number of methoxy groups -OCH3 is 1. The number of aliphatic hydroxyl groups is 7. The number of carbonyl (C=O) groups excluding carboxylic acids is 3. The number of amides is 1. The topological polar surface area (TPSA) is 267 Å². The van der Waals surface area contributed by atoms with Crippen molar-refractivity contribution in [3.05, 3.63) is 23.8 Å². The maximum Gasteiger partial charge on any atom is 0.311 e. The molecule has 26 atom stereocenters. The van der Waals surface area contributed by atoms with Crippen LogP contribution in [0.15, 0.2) is 23.8 Å². The molecule has 5 fully saturated rings. The van der Waals surface area contributed by atoms with Gasteiger partial charge in [-0.2, -0.15) is 0 Å². The van der Waals surface area contributed by atoms with E-state index < -0.39 is 148 Å². The molecule has 3 saturated heterocycles. The quantitative estimate of drug-likeness (QED) is 0.0776. The Morgan fingerprint density at radius 2 is 1.54 bits per heavy atom. The predicted octanol–water partition coefficient (Wildman–Crippen LogP) is 4.13. The van der Waals surface area contributed by atoms with Gasteiger partial charge in [-0.3, -0.25) is 19.3 Å². The standard InChI is InChI=1S/C61H102FN3O16/c1-17-46-59(13,74)50(69)37(7)65(24-18-23-63-54(72)61(75)32(2)25-42-41-20-19-39-27-40(66)21-22-56(39,10)60(41,62)45(68)29-57(42,61)11)31-55(9,73)28-44(67)49(81-53-34(4)43(64(14)15)26-33(3)77-53)35(5)48(36(6)52(71)79-46)80-47-30-58(12,76-16)51(70)38(8)78-47/h19,21-22,32-38,41-51,53,67-70,73-75H,17-18,20,23-31H2,1-16H3,(H,63,72)/t32-,33-,34-,35+,36-,37-,38-,41?,42?,43-,44-,45+,46-,47-,48+,49-,50-,51-,53+,55?,56+,57+,58+,59-,60+,61+/m1/s1. The molecule has 7 aliphatic rings. The molecule has 7 rings (SSSR count). The molecule has 19 nitrogen and oxygen atoms in total.